The van der Waals surface area contributed by atoms with Crippen molar-refractivity contribution >= 4 is 17.6 Å². The molecule has 1 aliphatic rings. The van der Waals surface area contributed by atoms with Gasteiger partial charge in [-0.3, -0.25) is 9.69 Å². The number of halogens is 3. The molecule has 1 fully saturated rings. The van der Waals surface area contributed by atoms with Crippen LogP contribution in [0.3, 0.4) is 0 Å². The number of carbonyl (C=O) groups is 2. The number of carbonyl (C=O) groups excluding carboxylic acids is 2. The molecule has 3 rings (SSSR count). The Bertz CT molecular complexity index is 929. The zero-order valence-corrected chi connectivity index (χ0v) is 18.6. The lowest BCUT2D eigenvalue weighted by Crippen LogP contribution is -2.54. The van der Waals surface area contributed by atoms with Gasteiger partial charge in [0.15, 0.2) is 0 Å². The minimum atomic E-state index is -4.54. The molecule has 0 aliphatic carbocycles. The predicted octanol–water partition coefficient (Wildman–Crippen LogP) is 3.99. The van der Waals surface area contributed by atoms with Gasteiger partial charge < -0.3 is 15.5 Å². The van der Waals surface area contributed by atoms with Crippen molar-refractivity contribution in [3.8, 4) is 0 Å². The van der Waals surface area contributed by atoms with Crippen LogP contribution in [-0.2, 0) is 17.4 Å². The third-order valence-corrected chi connectivity index (χ3v) is 5.61. The summed E-state index contributed by atoms with van der Waals surface area (Å²) in [7, 11) is 0. The molecule has 2 N–H and O–H groups in total. The Morgan fingerprint density at radius 2 is 1.61 bits per heavy atom. The molecule has 9 heteroatoms. The second kappa shape index (κ2) is 11.2. The molecule has 6 nitrogen and oxygen atoms in total. The molecule has 1 unspecified atom stereocenters. The van der Waals surface area contributed by atoms with E-state index in [4.69, 9.17) is 0 Å². The Morgan fingerprint density at radius 1 is 0.970 bits per heavy atom. The van der Waals surface area contributed by atoms with Gasteiger partial charge in [0, 0.05) is 32.2 Å². The van der Waals surface area contributed by atoms with Crippen LogP contribution < -0.4 is 10.6 Å². The van der Waals surface area contributed by atoms with Gasteiger partial charge in [-0.15, -0.1) is 0 Å². The van der Waals surface area contributed by atoms with Crippen molar-refractivity contribution < 1.29 is 22.8 Å². The number of benzene rings is 2. The molecule has 0 spiro atoms. The van der Waals surface area contributed by atoms with Crippen LogP contribution in [0.25, 0.3) is 0 Å². The van der Waals surface area contributed by atoms with Crippen LogP contribution >= 0.6 is 0 Å². The molecule has 178 valence electrons. The second-order valence-electron chi connectivity index (χ2n) is 8.23. The van der Waals surface area contributed by atoms with Crippen molar-refractivity contribution in [3.63, 3.8) is 0 Å². The number of nitrogens with zero attached hydrogens (tertiary/aromatic N) is 2. The third-order valence-electron chi connectivity index (χ3n) is 5.61. The smallest absolute Gasteiger partial charge is 0.336 e. The summed E-state index contributed by atoms with van der Waals surface area (Å²) in [6, 6.07) is 14.9. The second-order valence-corrected chi connectivity index (χ2v) is 8.23. The standard InChI is InChI=1S/C24H29F3N4O2/c1-18(11-12-19-7-3-2-4-8-19)28-23(33)31-15-13-30(14-16-31)17-22(32)29-21-10-6-5-9-20(21)24(25,26)27/h2-10,18H,11-17H2,1H3,(H,28,33)(H,29,32). The van der Waals surface area contributed by atoms with Crippen LogP contribution in [0.4, 0.5) is 23.7 Å². The maximum Gasteiger partial charge on any atom is 0.418 e. The van der Waals surface area contributed by atoms with E-state index in [1.165, 1.54) is 23.8 Å². The lowest BCUT2D eigenvalue weighted by molar-refractivity contribution is -0.137. The van der Waals surface area contributed by atoms with Gasteiger partial charge in [0.25, 0.3) is 0 Å². The highest BCUT2D eigenvalue weighted by atomic mass is 19.4. The molecule has 2 aromatic carbocycles. The Kier molecular flexibility index (Phi) is 8.32. The van der Waals surface area contributed by atoms with Gasteiger partial charge in [0.05, 0.1) is 17.8 Å². The fraction of sp³-hybridized carbons (Fsp3) is 0.417. The van der Waals surface area contributed by atoms with Crippen molar-refractivity contribution in [1.82, 2.24) is 15.1 Å². The van der Waals surface area contributed by atoms with Gasteiger partial charge in [-0.25, -0.2) is 4.79 Å². The van der Waals surface area contributed by atoms with E-state index in [2.05, 4.69) is 22.8 Å². The Morgan fingerprint density at radius 3 is 2.27 bits per heavy atom. The number of urea groups is 1. The van der Waals surface area contributed by atoms with Gasteiger partial charge in [-0.05, 0) is 37.5 Å². The number of anilines is 1. The molecular weight excluding hydrogens is 433 g/mol. The van der Waals surface area contributed by atoms with Gasteiger partial charge in [-0.2, -0.15) is 13.2 Å². The lowest BCUT2D eigenvalue weighted by Gasteiger charge is -2.35. The van der Waals surface area contributed by atoms with Crippen molar-refractivity contribution in [1.29, 1.82) is 0 Å². The van der Waals surface area contributed by atoms with Crippen LogP contribution in [0, 0.1) is 0 Å². The molecule has 0 radical (unpaired) electrons. The van der Waals surface area contributed by atoms with Crippen LogP contribution in [0.1, 0.15) is 24.5 Å². The normalized spacial score (nSPS) is 15.7. The molecule has 1 saturated heterocycles. The van der Waals surface area contributed by atoms with Gasteiger partial charge in [0.1, 0.15) is 0 Å². The zero-order valence-electron chi connectivity index (χ0n) is 18.6. The summed E-state index contributed by atoms with van der Waals surface area (Å²) in [5.74, 6) is -0.515. The zero-order chi connectivity index (χ0) is 23.8. The molecule has 1 atom stereocenters. The number of para-hydroxylation sites is 1. The SMILES string of the molecule is CC(CCc1ccccc1)NC(=O)N1CCN(CC(=O)Nc2ccccc2C(F)(F)F)CC1. The molecule has 1 heterocycles. The highest BCUT2D eigenvalue weighted by molar-refractivity contribution is 5.93. The van der Waals surface area contributed by atoms with Gasteiger partial charge in [-0.1, -0.05) is 42.5 Å². The summed E-state index contributed by atoms with van der Waals surface area (Å²) < 4.78 is 39.3. The quantitative estimate of drug-likeness (QED) is 0.654. The van der Waals surface area contributed by atoms with E-state index < -0.39 is 17.6 Å². The molecule has 1 aliphatic heterocycles. The summed E-state index contributed by atoms with van der Waals surface area (Å²) in [6.45, 7) is 3.78. The summed E-state index contributed by atoms with van der Waals surface area (Å²) in [4.78, 5) is 28.4. The van der Waals surface area contributed by atoms with Crippen molar-refractivity contribution in [2.45, 2.75) is 32.0 Å². The number of rotatable bonds is 7. The highest BCUT2D eigenvalue weighted by Crippen LogP contribution is 2.34. The summed E-state index contributed by atoms with van der Waals surface area (Å²) >= 11 is 0. The summed E-state index contributed by atoms with van der Waals surface area (Å²) in [5.41, 5.74) is 0.0991. The van der Waals surface area contributed by atoms with E-state index in [0.717, 1.165) is 18.9 Å². The molecule has 0 bridgehead atoms. The van der Waals surface area contributed by atoms with Crippen molar-refractivity contribution in [3.05, 3.63) is 65.7 Å². The van der Waals surface area contributed by atoms with Gasteiger partial charge in [0.2, 0.25) is 5.91 Å². The van der Waals surface area contributed by atoms with E-state index in [9.17, 15) is 22.8 Å². The largest absolute Gasteiger partial charge is 0.418 e. The fourth-order valence-electron chi connectivity index (χ4n) is 3.74. The van der Waals surface area contributed by atoms with Crippen LogP contribution in [0.2, 0.25) is 0 Å². The maximum absolute atomic E-state index is 13.1. The molecule has 0 aromatic heterocycles. The maximum atomic E-state index is 13.1. The molecule has 3 amide bonds. The van der Waals surface area contributed by atoms with Crippen LogP contribution in [-0.4, -0.2) is 60.5 Å². The van der Waals surface area contributed by atoms with Gasteiger partial charge >= 0.3 is 12.2 Å². The Labute approximate surface area is 191 Å². The first-order chi connectivity index (χ1) is 15.7. The molecule has 33 heavy (non-hydrogen) atoms. The van der Waals surface area contributed by atoms with Crippen LogP contribution in [0.5, 0.6) is 0 Å². The number of alkyl halides is 3. The number of amides is 3. The molecular formula is C24H29F3N4O2. The average Bonchev–Trinajstić information content (AvgIpc) is 2.78. The minimum absolute atomic E-state index is 0.0233. The number of hydrogen-bond acceptors (Lipinski definition) is 3. The highest BCUT2D eigenvalue weighted by Gasteiger charge is 2.33. The number of hydrogen-bond donors (Lipinski definition) is 2. The fourth-order valence-corrected chi connectivity index (χ4v) is 3.74. The molecule has 2 aromatic rings. The average molecular weight is 463 g/mol. The number of piperazine rings is 1. The van der Waals surface area contributed by atoms with Crippen LogP contribution in [0.15, 0.2) is 54.6 Å². The minimum Gasteiger partial charge on any atom is -0.336 e. The summed E-state index contributed by atoms with van der Waals surface area (Å²) in [6.07, 6.45) is -2.83. The number of nitrogens with one attached hydrogen (secondary N) is 2. The predicted molar refractivity (Wildman–Crippen MR) is 121 cm³/mol. The first-order valence-electron chi connectivity index (χ1n) is 11.0. The van der Waals surface area contributed by atoms with E-state index in [1.54, 1.807) is 4.90 Å². The topological polar surface area (TPSA) is 64.7 Å². The Balaban J connectivity index is 1.40. The monoisotopic (exact) mass is 462 g/mol. The first-order valence-corrected chi connectivity index (χ1v) is 11.0. The third kappa shape index (κ3) is 7.49. The van der Waals surface area contributed by atoms with E-state index in [-0.39, 0.29) is 24.3 Å². The van der Waals surface area contributed by atoms with E-state index >= 15 is 0 Å². The lowest BCUT2D eigenvalue weighted by atomic mass is 10.1. The van der Waals surface area contributed by atoms with E-state index in [0.29, 0.717) is 26.2 Å². The first kappa shape index (κ1) is 24.6. The molecule has 0 saturated carbocycles. The van der Waals surface area contributed by atoms with Crippen molar-refractivity contribution in [2.24, 2.45) is 0 Å². The Hall–Kier alpha value is -3.07. The van der Waals surface area contributed by atoms with E-state index in [1.807, 2.05) is 30.0 Å². The summed E-state index contributed by atoms with van der Waals surface area (Å²) in [5, 5.41) is 5.37. The number of aryl methyl sites for hydroxylation is 1. The van der Waals surface area contributed by atoms with Crippen molar-refractivity contribution in [2.75, 3.05) is 38.0 Å².